The van der Waals surface area contributed by atoms with E-state index < -0.39 is 12.5 Å². The zero-order chi connectivity index (χ0) is 10.8. The van der Waals surface area contributed by atoms with Gasteiger partial charge in [-0.3, -0.25) is 0 Å². The first-order valence-electron chi connectivity index (χ1n) is 3.62. The second-order valence-corrected chi connectivity index (χ2v) is 2.53. The van der Waals surface area contributed by atoms with Crippen LogP contribution < -0.4 is 10.2 Å². The van der Waals surface area contributed by atoms with Crippen molar-refractivity contribution in [3.8, 4) is 5.75 Å². The Labute approximate surface area is 79.1 Å². The smallest absolute Gasteiger partial charge is 0.428 e. The summed E-state index contributed by atoms with van der Waals surface area (Å²) < 4.78 is 51.8. The Bertz CT molecular complexity index is 299. The van der Waals surface area contributed by atoms with Gasteiger partial charge in [-0.1, -0.05) is 17.6 Å². The van der Waals surface area contributed by atoms with Gasteiger partial charge >= 0.3 is 12.5 Å². The van der Waals surface area contributed by atoms with Crippen LogP contribution in [0, 0.1) is 0 Å². The van der Waals surface area contributed by atoms with Crippen LogP contribution in [-0.2, 0) is 0 Å². The summed E-state index contributed by atoms with van der Waals surface area (Å²) in [5, 5.41) is 0. The van der Waals surface area contributed by atoms with Gasteiger partial charge in [0.1, 0.15) is 13.6 Å². The molecule has 0 N–H and O–H groups in total. The van der Waals surface area contributed by atoms with Crippen LogP contribution in [0.4, 0.5) is 17.6 Å². The predicted octanol–water partition coefficient (Wildman–Crippen LogP) is 1.72. The minimum Gasteiger partial charge on any atom is -0.428 e. The molecule has 0 aromatic heterocycles. The lowest BCUT2D eigenvalue weighted by molar-refractivity contribution is -0.253. The van der Waals surface area contributed by atoms with E-state index in [4.69, 9.17) is 7.85 Å². The maximum absolute atomic E-state index is 12.3. The normalized spacial score (nSPS) is 11.8. The van der Waals surface area contributed by atoms with Gasteiger partial charge in [0, 0.05) is 0 Å². The van der Waals surface area contributed by atoms with Gasteiger partial charge in [-0.05, 0) is 12.1 Å². The van der Waals surface area contributed by atoms with Crippen LogP contribution >= 0.6 is 0 Å². The maximum Gasteiger partial charge on any atom is 0.461 e. The summed E-state index contributed by atoms with van der Waals surface area (Å²) >= 11 is 0. The van der Waals surface area contributed by atoms with Crippen LogP contribution in [0.1, 0.15) is 0 Å². The van der Waals surface area contributed by atoms with Crippen molar-refractivity contribution in [2.24, 2.45) is 0 Å². The monoisotopic (exact) mass is 204 g/mol. The molecule has 1 aromatic carbocycles. The van der Waals surface area contributed by atoms with Crippen molar-refractivity contribution in [3.05, 3.63) is 24.3 Å². The lowest BCUT2D eigenvalue weighted by Gasteiger charge is -2.16. The number of hydrogen-bond acceptors (Lipinski definition) is 1. The van der Waals surface area contributed by atoms with E-state index in [-0.39, 0.29) is 5.75 Å². The zero-order valence-electron chi connectivity index (χ0n) is 6.88. The standard InChI is InChI=1S/C8H5BF4O/c9-5-1-3-6(4-2-5)14-8(12,13)7(10)11/h1-4,7H. The summed E-state index contributed by atoms with van der Waals surface area (Å²) in [6, 6.07) is 4.73. The topological polar surface area (TPSA) is 9.23 Å². The molecule has 0 unspecified atom stereocenters. The third kappa shape index (κ3) is 2.65. The Morgan fingerprint density at radius 1 is 1.14 bits per heavy atom. The zero-order valence-corrected chi connectivity index (χ0v) is 6.88. The lowest BCUT2D eigenvalue weighted by atomic mass is 9.97. The molecule has 6 heteroatoms. The Morgan fingerprint density at radius 2 is 1.64 bits per heavy atom. The Hall–Kier alpha value is -1.20. The molecule has 1 rings (SSSR count). The molecule has 0 atom stereocenters. The molecule has 1 nitrogen and oxygen atoms in total. The molecular formula is C8H5BF4O. The Kier molecular flexibility index (Phi) is 3.03. The Morgan fingerprint density at radius 3 is 2.07 bits per heavy atom. The van der Waals surface area contributed by atoms with Crippen molar-refractivity contribution in [1.29, 1.82) is 0 Å². The molecule has 0 spiro atoms. The second kappa shape index (κ2) is 3.90. The van der Waals surface area contributed by atoms with E-state index in [0.717, 1.165) is 12.1 Å². The lowest BCUT2D eigenvalue weighted by Crippen LogP contribution is -2.33. The van der Waals surface area contributed by atoms with Crippen molar-refractivity contribution < 1.29 is 22.3 Å². The molecular weight excluding hydrogens is 199 g/mol. The van der Waals surface area contributed by atoms with Gasteiger partial charge in [0.05, 0.1) is 0 Å². The van der Waals surface area contributed by atoms with Gasteiger partial charge in [-0.25, -0.2) is 0 Å². The van der Waals surface area contributed by atoms with Gasteiger partial charge < -0.3 is 4.74 Å². The molecule has 0 saturated heterocycles. The molecule has 0 saturated carbocycles. The molecule has 1 aromatic rings. The van der Waals surface area contributed by atoms with E-state index in [2.05, 4.69) is 4.74 Å². The highest BCUT2D eigenvalue weighted by atomic mass is 19.3. The van der Waals surface area contributed by atoms with Gasteiger partial charge in [-0.2, -0.15) is 17.6 Å². The largest absolute Gasteiger partial charge is 0.461 e. The fourth-order valence-corrected chi connectivity index (χ4v) is 0.738. The van der Waals surface area contributed by atoms with E-state index in [1.54, 1.807) is 0 Å². The van der Waals surface area contributed by atoms with Crippen molar-refractivity contribution in [3.63, 3.8) is 0 Å². The fraction of sp³-hybridized carbons (Fsp3) is 0.250. The molecule has 0 aliphatic rings. The van der Waals surface area contributed by atoms with Crippen molar-refractivity contribution in [2.45, 2.75) is 12.5 Å². The van der Waals surface area contributed by atoms with Crippen LogP contribution in [0.5, 0.6) is 5.75 Å². The number of halogens is 4. The molecule has 74 valence electrons. The number of ether oxygens (including phenoxy) is 1. The Balaban J connectivity index is 2.74. The molecule has 0 amide bonds. The average Bonchev–Trinajstić information content (AvgIpc) is 2.08. The van der Waals surface area contributed by atoms with Crippen molar-refractivity contribution in [1.82, 2.24) is 0 Å². The van der Waals surface area contributed by atoms with Crippen LogP contribution in [0.2, 0.25) is 0 Å². The highest BCUT2D eigenvalue weighted by Gasteiger charge is 2.43. The average molecular weight is 204 g/mol. The van der Waals surface area contributed by atoms with Crippen LogP contribution in [0.3, 0.4) is 0 Å². The summed E-state index contributed by atoms with van der Waals surface area (Å²) in [6.45, 7) is 0. The summed E-state index contributed by atoms with van der Waals surface area (Å²) in [6.07, 6.45) is -8.34. The van der Waals surface area contributed by atoms with Crippen molar-refractivity contribution >= 4 is 13.3 Å². The van der Waals surface area contributed by atoms with Gasteiger partial charge in [-0.15, -0.1) is 0 Å². The van der Waals surface area contributed by atoms with Crippen LogP contribution in [0.25, 0.3) is 0 Å². The van der Waals surface area contributed by atoms with E-state index in [1.807, 2.05) is 0 Å². The van der Waals surface area contributed by atoms with Crippen LogP contribution in [-0.4, -0.2) is 20.4 Å². The predicted molar refractivity (Wildman–Crippen MR) is 43.4 cm³/mol. The summed E-state index contributed by atoms with van der Waals surface area (Å²) in [7, 11) is 5.26. The molecule has 0 heterocycles. The quantitative estimate of drug-likeness (QED) is 0.537. The maximum atomic E-state index is 12.3. The first-order valence-corrected chi connectivity index (χ1v) is 3.62. The van der Waals surface area contributed by atoms with Crippen LogP contribution in [0.15, 0.2) is 24.3 Å². The number of hydrogen-bond donors (Lipinski definition) is 0. The van der Waals surface area contributed by atoms with E-state index >= 15 is 0 Å². The third-order valence-corrected chi connectivity index (χ3v) is 1.39. The molecule has 0 aliphatic heterocycles. The summed E-state index contributed by atoms with van der Waals surface area (Å²) in [5.41, 5.74) is 0.331. The third-order valence-electron chi connectivity index (χ3n) is 1.39. The second-order valence-electron chi connectivity index (χ2n) is 2.53. The van der Waals surface area contributed by atoms with Gasteiger partial charge in [0.25, 0.3) is 0 Å². The first-order chi connectivity index (χ1) is 6.42. The number of rotatable bonds is 3. The number of alkyl halides is 4. The van der Waals surface area contributed by atoms with E-state index in [9.17, 15) is 17.6 Å². The van der Waals surface area contributed by atoms with E-state index in [0.29, 0.717) is 5.46 Å². The number of benzene rings is 1. The highest BCUT2D eigenvalue weighted by molar-refractivity contribution is 6.32. The molecule has 0 fully saturated rings. The molecule has 14 heavy (non-hydrogen) atoms. The van der Waals surface area contributed by atoms with Gasteiger partial charge in [0.2, 0.25) is 0 Å². The first kappa shape index (κ1) is 10.9. The fourth-order valence-electron chi connectivity index (χ4n) is 0.738. The minimum absolute atomic E-state index is 0.331. The van der Waals surface area contributed by atoms with Crippen molar-refractivity contribution in [2.75, 3.05) is 0 Å². The molecule has 2 radical (unpaired) electrons. The van der Waals surface area contributed by atoms with Gasteiger partial charge in [0.15, 0.2) is 0 Å². The highest BCUT2D eigenvalue weighted by Crippen LogP contribution is 2.26. The molecule has 0 bridgehead atoms. The summed E-state index contributed by atoms with van der Waals surface area (Å²) in [5.74, 6) is -0.357. The minimum atomic E-state index is -4.48. The van der Waals surface area contributed by atoms with E-state index in [1.165, 1.54) is 12.1 Å². The SMILES string of the molecule is [B]c1ccc(OC(F)(F)C(F)F)cc1. The molecule has 0 aliphatic carbocycles. The summed E-state index contributed by atoms with van der Waals surface area (Å²) in [4.78, 5) is 0.